The first-order valence-electron chi connectivity index (χ1n) is 13.8. The molecule has 0 radical (unpaired) electrons. The number of nitrogens with zero attached hydrogens (tertiary/aromatic N) is 5. The number of imidazole rings is 1. The predicted molar refractivity (Wildman–Crippen MR) is 154 cm³/mol. The van der Waals surface area contributed by atoms with Crippen molar-refractivity contribution in [1.29, 1.82) is 0 Å². The third-order valence-electron chi connectivity index (χ3n) is 7.69. The monoisotopic (exact) mass is 548 g/mol. The van der Waals surface area contributed by atoms with E-state index in [1.165, 1.54) is 4.57 Å². The van der Waals surface area contributed by atoms with Gasteiger partial charge in [-0.1, -0.05) is 24.3 Å². The van der Waals surface area contributed by atoms with Gasteiger partial charge in [-0.2, -0.15) is 4.98 Å². The first-order valence-corrected chi connectivity index (χ1v) is 13.8. The Morgan fingerprint density at radius 3 is 2.73 bits per heavy atom. The lowest BCUT2D eigenvalue weighted by atomic mass is 10.1. The number of amides is 1. The van der Waals surface area contributed by atoms with E-state index < -0.39 is 23.6 Å². The number of carbonyl (C=O) groups is 2. The lowest BCUT2D eigenvalue weighted by molar-refractivity contribution is -0.119. The van der Waals surface area contributed by atoms with E-state index in [1.807, 2.05) is 19.1 Å². The molecule has 3 aromatic rings. The van der Waals surface area contributed by atoms with Gasteiger partial charge >= 0.3 is 5.69 Å². The van der Waals surface area contributed by atoms with Crippen LogP contribution in [0.1, 0.15) is 36.5 Å². The molecule has 2 unspecified atom stereocenters. The van der Waals surface area contributed by atoms with Gasteiger partial charge in [0.25, 0.3) is 5.56 Å². The normalized spacial score (nSPS) is 19.5. The van der Waals surface area contributed by atoms with Gasteiger partial charge in [-0.3, -0.25) is 23.5 Å². The minimum absolute atomic E-state index is 0.00711. The molecule has 12 nitrogen and oxygen atoms in total. The third-order valence-corrected chi connectivity index (χ3v) is 7.69. The van der Waals surface area contributed by atoms with E-state index in [-0.39, 0.29) is 34.6 Å². The van der Waals surface area contributed by atoms with Crippen LogP contribution in [0.15, 0.2) is 46.0 Å². The van der Waals surface area contributed by atoms with Crippen molar-refractivity contribution in [3.63, 3.8) is 0 Å². The molecule has 0 aliphatic carbocycles. The summed E-state index contributed by atoms with van der Waals surface area (Å²) in [6, 6.07) is 6.65. The number of ketones is 1. The number of nitrogens with one attached hydrogen (secondary N) is 2. The fourth-order valence-electron chi connectivity index (χ4n) is 5.49. The topological polar surface area (TPSA) is 149 Å². The van der Waals surface area contributed by atoms with Gasteiger partial charge in [-0.15, -0.1) is 0 Å². The summed E-state index contributed by atoms with van der Waals surface area (Å²) in [5.74, 6) is -0.228. The van der Waals surface area contributed by atoms with Crippen LogP contribution in [-0.4, -0.2) is 62.6 Å². The molecule has 2 fully saturated rings. The summed E-state index contributed by atoms with van der Waals surface area (Å²) in [5.41, 5.74) is 6.10. The number of hydrogen-bond acceptors (Lipinski definition) is 8. The molecular weight excluding hydrogens is 512 g/mol. The van der Waals surface area contributed by atoms with Crippen LogP contribution in [0.4, 0.5) is 11.6 Å². The highest BCUT2D eigenvalue weighted by molar-refractivity contribution is 6.05. The van der Waals surface area contributed by atoms with E-state index in [2.05, 4.69) is 15.5 Å². The van der Waals surface area contributed by atoms with Crippen LogP contribution in [0.2, 0.25) is 0 Å². The fourth-order valence-corrected chi connectivity index (χ4v) is 5.49. The number of aromatic nitrogens is 4. The minimum atomic E-state index is -0.637. The van der Waals surface area contributed by atoms with Crippen molar-refractivity contribution < 1.29 is 9.59 Å². The van der Waals surface area contributed by atoms with E-state index in [1.54, 1.807) is 35.9 Å². The highest BCUT2D eigenvalue weighted by Crippen LogP contribution is 2.23. The van der Waals surface area contributed by atoms with Crippen LogP contribution in [-0.2, 0) is 24.9 Å². The quantitative estimate of drug-likeness (QED) is 0.277. The number of carbonyl (C=O) groups excluding carboxylic acids is 2. The highest BCUT2D eigenvalue weighted by atomic mass is 16.2. The predicted octanol–water partition coefficient (Wildman–Crippen LogP) is 0.831. The summed E-state index contributed by atoms with van der Waals surface area (Å²) < 4.78 is 4.05. The Labute approximate surface area is 231 Å². The van der Waals surface area contributed by atoms with Crippen LogP contribution < -0.4 is 32.5 Å². The van der Waals surface area contributed by atoms with Gasteiger partial charge in [-0.25, -0.2) is 4.79 Å². The molecule has 2 aliphatic heterocycles. The lowest BCUT2D eigenvalue weighted by Crippen LogP contribution is -2.44. The van der Waals surface area contributed by atoms with E-state index in [0.29, 0.717) is 31.3 Å². The van der Waals surface area contributed by atoms with Crippen molar-refractivity contribution in [3.8, 4) is 0 Å². The first-order chi connectivity index (χ1) is 19.3. The summed E-state index contributed by atoms with van der Waals surface area (Å²) >= 11 is 0. The largest absolute Gasteiger partial charge is 0.341 e. The number of para-hydroxylation sites is 1. The zero-order valence-corrected chi connectivity index (χ0v) is 22.9. The average molecular weight is 549 g/mol. The third kappa shape index (κ3) is 5.24. The molecule has 0 bridgehead atoms. The molecule has 0 saturated carbocycles. The van der Waals surface area contributed by atoms with E-state index in [9.17, 15) is 19.2 Å². The Morgan fingerprint density at radius 2 is 2.00 bits per heavy atom. The van der Waals surface area contributed by atoms with Gasteiger partial charge in [0, 0.05) is 44.8 Å². The summed E-state index contributed by atoms with van der Waals surface area (Å²) in [7, 11) is 1.55. The van der Waals surface area contributed by atoms with Crippen molar-refractivity contribution in [2.24, 2.45) is 18.7 Å². The Hall–Kier alpha value is -4.03. The van der Waals surface area contributed by atoms with Crippen molar-refractivity contribution in [2.75, 3.05) is 36.4 Å². The standard InChI is InChI=1S/C28H36N8O4/c1-3-4-14-35-23-24(32-27(35)34-13-7-8-19(29)16-34)33(2)28(40)36(26(23)39)17-22(37)20-9-5-6-10-21(20)31-25(38)18-11-12-30-15-18/h3-6,9-10,18-19,30H,7-8,11-17,29H2,1-2H3,(H,31,38)/b4-3+. The van der Waals surface area contributed by atoms with Crippen LogP contribution in [0.5, 0.6) is 0 Å². The maximum Gasteiger partial charge on any atom is 0.332 e. The Bertz CT molecular complexity index is 1580. The SMILES string of the molecule is C/C=C/Cn1c(N2CCCC(N)C2)nc2c1c(=O)n(CC(=O)c1ccccc1NC(=O)C1CCNC1)c(=O)n2C. The van der Waals surface area contributed by atoms with Gasteiger partial charge in [-0.05, 0) is 44.9 Å². The van der Waals surface area contributed by atoms with Crippen molar-refractivity contribution in [1.82, 2.24) is 24.0 Å². The lowest BCUT2D eigenvalue weighted by Gasteiger charge is -2.31. The smallest absolute Gasteiger partial charge is 0.332 e. The second kappa shape index (κ2) is 11.6. The number of benzene rings is 1. The van der Waals surface area contributed by atoms with Gasteiger partial charge in [0.1, 0.15) is 0 Å². The zero-order valence-electron chi connectivity index (χ0n) is 22.9. The molecule has 5 rings (SSSR count). The number of rotatable bonds is 8. The summed E-state index contributed by atoms with van der Waals surface area (Å²) in [6.07, 6.45) is 6.33. The van der Waals surface area contributed by atoms with E-state index >= 15 is 0 Å². The Morgan fingerprint density at radius 1 is 1.20 bits per heavy atom. The molecule has 0 spiro atoms. The second-order valence-corrected chi connectivity index (χ2v) is 10.5. The van der Waals surface area contributed by atoms with Crippen LogP contribution in [0, 0.1) is 5.92 Å². The number of allylic oxidation sites excluding steroid dienone is 2. The summed E-state index contributed by atoms with van der Waals surface area (Å²) in [6.45, 7) is 4.48. The number of Topliss-reactive ketones (excluding diaryl/α,β-unsaturated/α-hetero) is 1. The van der Waals surface area contributed by atoms with Gasteiger partial charge in [0.2, 0.25) is 11.9 Å². The second-order valence-electron chi connectivity index (χ2n) is 10.5. The van der Waals surface area contributed by atoms with Crippen molar-refractivity contribution in [2.45, 2.75) is 45.3 Å². The maximum atomic E-state index is 13.8. The highest BCUT2D eigenvalue weighted by Gasteiger charge is 2.27. The summed E-state index contributed by atoms with van der Waals surface area (Å²) in [5, 5.41) is 6.02. The van der Waals surface area contributed by atoms with Crippen LogP contribution in [0.25, 0.3) is 11.2 Å². The van der Waals surface area contributed by atoms with Crippen LogP contribution in [0.3, 0.4) is 0 Å². The number of fused-ring (bicyclic) bond motifs is 1. The number of nitrogens with two attached hydrogens (primary N) is 1. The van der Waals surface area contributed by atoms with Gasteiger partial charge in [0.05, 0.1) is 18.2 Å². The molecular formula is C28H36N8O4. The molecule has 2 aromatic heterocycles. The van der Waals surface area contributed by atoms with Crippen molar-refractivity contribution >= 4 is 34.5 Å². The molecule has 4 heterocycles. The minimum Gasteiger partial charge on any atom is -0.341 e. The van der Waals surface area contributed by atoms with Crippen molar-refractivity contribution in [3.05, 3.63) is 62.8 Å². The summed E-state index contributed by atoms with van der Waals surface area (Å²) in [4.78, 5) is 60.2. The number of anilines is 2. The van der Waals surface area contributed by atoms with E-state index in [4.69, 9.17) is 10.7 Å². The molecule has 2 saturated heterocycles. The van der Waals surface area contributed by atoms with E-state index in [0.717, 1.165) is 36.9 Å². The molecule has 40 heavy (non-hydrogen) atoms. The fraction of sp³-hybridized carbons (Fsp3) is 0.464. The number of piperidine rings is 1. The Balaban J connectivity index is 1.53. The van der Waals surface area contributed by atoms with Crippen LogP contribution >= 0.6 is 0 Å². The molecule has 2 atom stereocenters. The molecule has 1 aromatic carbocycles. The first kappa shape index (κ1) is 27.5. The van der Waals surface area contributed by atoms with Gasteiger partial charge in [0.15, 0.2) is 16.9 Å². The molecule has 4 N–H and O–H groups in total. The number of hydrogen-bond donors (Lipinski definition) is 3. The number of aryl methyl sites for hydroxylation is 1. The molecule has 212 valence electrons. The maximum absolute atomic E-state index is 13.8. The Kier molecular flexibility index (Phi) is 7.99. The molecule has 1 amide bonds. The average Bonchev–Trinajstić information content (AvgIpc) is 3.62. The zero-order chi connectivity index (χ0) is 28.4. The van der Waals surface area contributed by atoms with Gasteiger partial charge < -0.3 is 25.8 Å². The molecule has 2 aliphatic rings. The molecule has 12 heteroatoms.